The molecule has 0 radical (unpaired) electrons. The highest BCUT2D eigenvalue weighted by atomic mass is 31.2. The minimum Gasteiger partial charge on any atom is -0.340 e. The summed E-state index contributed by atoms with van der Waals surface area (Å²) in [4.78, 5) is 9.55. The van der Waals surface area contributed by atoms with Crippen LogP contribution < -0.4 is 36.7 Å². The first-order chi connectivity index (χ1) is 21.7. The summed E-state index contributed by atoms with van der Waals surface area (Å²) in [6.07, 6.45) is 0. The van der Waals surface area contributed by atoms with E-state index < -0.39 is 14.3 Å². The number of fused-ring (bicyclic) bond motifs is 8. The SMILES string of the molecule is CC(C)(C)c1cc2c3c(c1)[P@](=O)(c1ccccc1)c1c([nH]c4ccccc14)N3c1[nH]c3ccccc3c1[P@@]2(=O)c1ccccc1. The molecule has 2 atom stereocenters. The van der Waals surface area contributed by atoms with Crippen LogP contribution in [0.1, 0.15) is 26.3 Å². The number of rotatable bonds is 2. The van der Waals surface area contributed by atoms with Crippen LogP contribution in [0.15, 0.2) is 121 Å². The Kier molecular flexibility index (Phi) is 5.37. The van der Waals surface area contributed by atoms with Crippen LogP contribution in [0, 0.1) is 0 Å². The Morgan fingerprint density at radius 1 is 0.556 bits per heavy atom. The fourth-order valence-electron chi connectivity index (χ4n) is 7.32. The van der Waals surface area contributed by atoms with E-state index in [1.54, 1.807) is 0 Å². The van der Waals surface area contributed by atoms with Gasteiger partial charge in [-0.25, -0.2) is 0 Å². The molecule has 0 unspecified atom stereocenters. The van der Waals surface area contributed by atoms with Gasteiger partial charge in [0.1, 0.15) is 11.6 Å². The predicted molar refractivity (Wildman–Crippen MR) is 189 cm³/mol. The summed E-state index contributed by atoms with van der Waals surface area (Å²) in [7, 11) is -6.97. The molecule has 0 spiro atoms. The van der Waals surface area contributed by atoms with Gasteiger partial charge in [0, 0.05) is 43.0 Å². The maximum absolute atomic E-state index is 16.4. The van der Waals surface area contributed by atoms with E-state index in [-0.39, 0.29) is 5.41 Å². The molecule has 2 N–H and O–H groups in total. The molecule has 4 heterocycles. The number of hydrogen-bond acceptors (Lipinski definition) is 3. The Hall–Kier alpha value is -4.56. The molecule has 220 valence electrons. The molecule has 0 saturated heterocycles. The van der Waals surface area contributed by atoms with E-state index in [2.05, 4.69) is 59.9 Å². The molecule has 2 aliphatic heterocycles. The molecule has 9 rings (SSSR count). The number of para-hydroxylation sites is 2. The Labute approximate surface area is 261 Å². The molecule has 7 heteroatoms. The van der Waals surface area contributed by atoms with Gasteiger partial charge in [-0.1, -0.05) is 118 Å². The lowest BCUT2D eigenvalue weighted by atomic mass is 9.87. The summed E-state index contributed by atoms with van der Waals surface area (Å²) in [5.41, 5.74) is 3.30. The largest absolute Gasteiger partial charge is 0.340 e. The molecule has 0 aliphatic carbocycles. The minimum absolute atomic E-state index is 0.291. The average molecular weight is 624 g/mol. The molecule has 2 aromatic heterocycles. The molecule has 5 aromatic carbocycles. The standard InChI is InChI=1S/C38H31N3O2P2/c1-38(2,3)24-22-31-33-32(23-24)45(43,26-16-8-5-9-17-26)35-28-19-11-13-21-30(28)40-37(35)41(33)36-34(27-18-10-12-20-29(27)39-36)44(31,42)25-14-6-4-7-15-25/h4-23,39-40H,1-3H3/t44-,45-/m1/s1. The molecule has 0 amide bonds. The Morgan fingerprint density at radius 3 is 1.38 bits per heavy atom. The van der Waals surface area contributed by atoms with Crippen LogP contribution >= 0.6 is 14.3 Å². The van der Waals surface area contributed by atoms with Crippen LogP contribution in [0.5, 0.6) is 0 Å². The van der Waals surface area contributed by atoms with E-state index in [4.69, 9.17) is 0 Å². The molecule has 0 saturated carbocycles. The molecule has 45 heavy (non-hydrogen) atoms. The quantitative estimate of drug-likeness (QED) is 0.198. The van der Waals surface area contributed by atoms with Gasteiger partial charge in [-0.2, -0.15) is 0 Å². The summed E-state index contributed by atoms with van der Waals surface area (Å²) < 4.78 is 32.7. The van der Waals surface area contributed by atoms with Gasteiger partial charge in [-0.05, 0) is 35.2 Å². The number of anilines is 3. The lowest BCUT2D eigenvalue weighted by Crippen LogP contribution is -2.46. The molecule has 0 bridgehead atoms. The zero-order chi connectivity index (χ0) is 30.7. The van der Waals surface area contributed by atoms with Gasteiger partial charge in [0.25, 0.3) is 0 Å². The number of H-pyrrole nitrogens is 2. The van der Waals surface area contributed by atoms with Crippen molar-refractivity contribution in [1.82, 2.24) is 9.97 Å². The van der Waals surface area contributed by atoms with Gasteiger partial charge < -0.3 is 19.1 Å². The average Bonchev–Trinajstić information content (AvgIpc) is 3.64. The van der Waals surface area contributed by atoms with Crippen LogP contribution in [0.2, 0.25) is 0 Å². The van der Waals surface area contributed by atoms with Crippen molar-refractivity contribution in [2.24, 2.45) is 0 Å². The minimum atomic E-state index is -3.49. The fourth-order valence-corrected chi connectivity index (χ4v) is 13.8. The van der Waals surface area contributed by atoms with Crippen molar-refractivity contribution in [3.8, 4) is 0 Å². The molecule has 5 nitrogen and oxygen atoms in total. The molecular weight excluding hydrogens is 592 g/mol. The summed E-state index contributed by atoms with van der Waals surface area (Å²) in [6.45, 7) is 6.50. The highest BCUT2D eigenvalue weighted by Gasteiger charge is 2.53. The van der Waals surface area contributed by atoms with E-state index in [1.165, 1.54) is 0 Å². The van der Waals surface area contributed by atoms with Crippen molar-refractivity contribution < 1.29 is 9.13 Å². The van der Waals surface area contributed by atoms with E-state index >= 15 is 9.13 Å². The molecule has 2 aliphatic rings. The first-order valence-electron chi connectivity index (χ1n) is 15.3. The summed E-state index contributed by atoms with van der Waals surface area (Å²) in [5.74, 6) is 1.51. The second kappa shape index (κ2) is 9.01. The van der Waals surface area contributed by atoms with E-state index in [9.17, 15) is 0 Å². The van der Waals surface area contributed by atoms with E-state index in [0.717, 1.165) is 76.5 Å². The van der Waals surface area contributed by atoms with Crippen molar-refractivity contribution in [2.45, 2.75) is 26.2 Å². The lowest BCUT2D eigenvalue weighted by Gasteiger charge is -2.42. The number of aromatic nitrogens is 2. The normalized spacial score (nSPS) is 20.2. The molecule has 7 aromatic rings. The van der Waals surface area contributed by atoms with Crippen molar-refractivity contribution in [3.63, 3.8) is 0 Å². The summed E-state index contributed by atoms with van der Waals surface area (Å²) in [6, 6.07) is 40.2. The third-order valence-electron chi connectivity index (χ3n) is 9.47. The van der Waals surface area contributed by atoms with Crippen molar-refractivity contribution in [1.29, 1.82) is 0 Å². The van der Waals surface area contributed by atoms with E-state index in [1.807, 2.05) is 97.1 Å². The second-order valence-electron chi connectivity index (χ2n) is 13.1. The first kappa shape index (κ1) is 26.8. The summed E-state index contributed by atoms with van der Waals surface area (Å²) in [5, 5.41) is 6.43. The first-order valence-corrected chi connectivity index (χ1v) is 18.7. The Bertz CT molecular complexity index is 2270. The molecular formula is C38H31N3O2P2. The van der Waals surface area contributed by atoms with Gasteiger partial charge >= 0.3 is 0 Å². The second-order valence-corrected chi connectivity index (χ2v) is 18.4. The third-order valence-corrected chi connectivity index (χ3v) is 15.7. The fraction of sp³-hybridized carbons (Fsp3) is 0.105. The highest BCUT2D eigenvalue weighted by Crippen LogP contribution is 2.62. The monoisotopic (exact) mass is 623 g/mol. The Morgan fingerprint density at radius 2 is 0.956 bits per heavy atom. The van der Waals surface area contributed by atoms with Crippen molar-refractivity contribution in [3.05, 3.63) is 127 Å². The zero-order valence-electron chi connectivity index (χ0n) is 25.2. The smallest absolute Gasteiger partial charge is 0.177 e. The Balaban J connectivity index is 1.55. The lowest BCUT2D eigenvalue weighted by molar-refractivity contribution is 0.587. The maximum atomic E-state index is 16.4. The number of nitrogens with one attached hydrogen (secondary N) is 2. The van der Waals surface area contributed by atoms with E-state index in [0.29, 0.717) is 0 Å². The zero-order valence-corrected chi connectivity index (χ0v) is 27.0. The maximum Gasteiger partial charge on any atom is 0.177 e. The number of nitrogens with zero attached hydrogens (tertiary/aromatic N) is 1. The predicted octanol–water partition coefficient (Wildman–Crippen LogP) is 7.32. The number of hydrogen-bond donors (Lipinski definition) is 2. The van der Waals surface area contributed by atoms with Crippen LogP contribution in [-0.2, 0) is 14.5 Å². The van der Waals surface area contributed by atoms with Gasteiger partial charge in [0.15, 0.2) is 14.3 Å². The van der Waals surface area contributed by atoms with Gasteiger partial charge in [0.2, 0.25) is 0 Å². The third kappa shape index (κ3) is 3.40. The van der Waals surface area contributed by atoms with Gasteiger partial charge in [0.05, 0.1) is 16.3 Å². The van der Waals surface area contributed by atoms with Gasteiger partial charge in [-0.15, -0.1) is 0 Å². The van der Waals surface area contributed by atoms with Crippen LogP contribution in [-0.4, -0.2) is 9.97 Å². The topological polar surface area (TPSA) is 69.0 Å². The molecule has 0 fully saturated rings. The highest BCUT2D eigenvalue weighted by molar-refractivity contribution is 7.88. The van der Waals surface area contributed by atoms with Crippen LogP contribution in [0.3, 0.4) is 0 Å². The van der Waals surface area contributed by atoms with Crippen LogP contribution in [0.25, 0.3) is 21.8 Å². The van der Waals surface area contributed by atoms with Crippen molar-refractivity contribution >= 4 is 85.2 Å². The van der Waals surface area contributed by atoms with Crippen molar-refractivity contribution in [2.75, 3.05) is 4.90 Å². The number of aromatic amines is 2. The van der Waals surface area contributed by atoms with Crippen LogP contribution in [0.4, 0.5) is 17.3 Å². The number of benzene rings is 5. The van der Waals surface area contributed by atoms with Gasteiger partial charge in [-0.3, -0.25) is 4.90 Å². The summed E-state index contributed by atoms with van der Waals surface area (Å²) >= 11 is 0.